The Bertz CT molecular complexity index is 691. The van der Waals surface area contributed by atoms with Gasteiger partial charge in [0, 0.05) is 12.0 Å². The minimum atomic E-state index is -2.50. The molecule has 0 fully saturated rings. The predicted octanol–water partition coefficient (Wildman–Crippen LogP) is 0.691. The molecule has 1 aliphatic rings. The Kier molecular flexibility index (Phi) is 3.99. The molecule has 4 nitrogen and oxygen atoms in total. The first-order chi connectivity index (χ1) is 8.99. The molecule has 0 saturated carbocycles. The smallest absolute Gasteiger partial charge is 0.277 e. The van der Waals surface area contributed by atoms with Crippen molar-refractivity contribution in [1.29, 1.82) is 0 Å². The molecular weight excluding hydrogens is 262 g/mol. The highest BCUT2D eigenvalue weighted by Gasteiger charge is 2.19. The van der Waals surface area contributed by atoms with Crippen molar-refractivity contribution >= 4 is 15.3 Å². The summed E-state index contributed by atoms with van der Waals surface area (Å²) in [5.41, 5.74) is 3.79. The monoisotopic (exact) mass is 277 g/mol. The van der Waals surface area contributed by atoms with E-state index in [1.54, 1.807) is 12.2 Å². The number of nitrogens with one attached hydrogen (secondary N) is 1. The van der Waals surface area contributed by atoms with E-state index in [9.17, 15) is 13.6 Å². The van der Waals surface area contributed by atoms with E-state index in [-0.39, 0.29) is 4.99 Å². The normalized spacial score (nSPS) is 18.4. The Morgan fingerprint density at radius 3 is 2.68 bits per heavy atom. The first-order valence-electron chi connectivity index (χ1n) is 5.93. The molecule has 1 N–H and O–H groups in total. The number of quaternary nitrogens is 1. The maximum absolute atomic E-state index is 11.6. The minimum absolute atomic E-state index is 0.122. The molecule has 2 rings (SSSR count). The Hall–Kier alpha value is -1.69. The van der Waals surface area contributed by atoms with E-state index < -0.39 is 15.4 Å². The van der Waals surface area contributed by atoms with E-state index >= 15 is 0 Å². The second kappa shape index (κ2) is 5.52. The van der Waals surface area contributed by atoms with Gasteiger partial charge >= 0.3 is 0 Å². The predicted molar refractivity (Wildman–Crippen MR) is 75.1 cm³/mol. The van der Waals surface area contributed by atoms with E-state index in [1.807, 2.05) is 32.0 Å². The van der Waals surface area contributed by atoms with Gasteiger partial charge in [0.1, 0.15) is 6.20 Å². The molecule has 0 radical (unpaired) electrons. The van der Waals surface area contributed by atoms with E-state index in [2.05, 4.69) is 0 Å². The van der Waals surface area contributed by atoms with Gasteiger partial charge in [-0.25, -0.2) is 0 Å². The van der Waals surface area contributed by atoms with Gasteiger partial charge in [-0.1, -0.05) is 23.8 Å². The number of hydroxylamine groups is 2. The van der Waals surface area contributed by atoms with E-state index in [1.165, 1.54) is 6.20 Å². The van der Waals surface area contributed by atoms with E-state index in [0.717, 1.165) is 16.7 Å². The molecule has 1 unspecified atom stereocenters. The highest BCUT2D eigenvalue weighted by Crippen LogP contribution is 2.16. The molecule has 100 valence electrons. The molecular formula is C14H15NO3S. The van der Waals surface area contributed by atoms with Gasteiger partial charge in [-0.15, -0.1) is 0 Å². The van der Waals surface area contributed by atoms with Crippen LogP contribution in [-0.4, -0.2) is 13.4 Å². The number of benzene rings is 1. The molecule has 1 aromatic carbocycles. The summed E-state index contributed by atoms with van der Waals surface area (Å²) < 4.78 is 22.4. The highest BCUT2D eigenvalue weighted by molar-refractivity contribution is 7.72. The van der Waals surface area contributed by atoms with Crippen LogP contribution in [0.5, 0.6) is 0 Å². The van der Waals surface area contributed by atoms with Crippen LogP contribution in [0.3, 0.4) is 0 Å². The van der Waals surface area contributed by atoms with Crippen LogP contribution >= 0.6 is 0 Å². The highest BCUT2D eigenvalue weighted by atomic mass is 32.2. The summed E-state index contributed by atoms with van der Waals surface area (Å²) in [6.07, 6.45) is 5.01. The number of hydrogen-bond acceptors (Lipinski definition) is 3. The van der Waals surface area contributed by atoms with Crippen LogP contribution in [0, 0.1) is 19.1 Å². The lowest BCUT2D eigenvalue weighted by Crippen LogP contribution is -3.06. The van der Waals surface area contributed by atoms with Crippen LogP contribution in [0.4, 0.5) is 0 Å². The Morgan fingerprint density at radius 2 is 2.00 bits per heavy atom. The van der Waals surface area contributed by atoms with Gasteiger partial charge in [0.15, 0.2) is 0 Å². The summed E-state index contributed by atoms with van der Waals surface area (Å²) in [6, 6.07) is 6.03. The maximum Gasteiger partial charge on any atom is 0.277 e. The van der Waals surface area contributed by atoms with Crippen LogP contribution in [0.15, 0.2) is 42.1 Å². The molecule has 19 heavy (non-hydrogen) atoms. The first kappa shape index (κ1) is 13.7. The molecule has 1 aliphatic heterocycles. The lowest BCUT2D eigenvalue weighted by atomic mass is 9.97. The lowest BCUT2D eigenvalue weighted by Gasteiger charge is -2.21. The van der Waals surface area contributed by atoms with Crippen molar-refractivity contribution in [2.24, 2.45) is 0 Å². The van der Waals surface area contributed by atoms with Crippen molar-refractivity contribution in [3.05, 3.63) is 64.0 Å². The lowest BCUT2D eigenvalue weighted by molar-refractivity contribution is -0.680. The van der Waals surface area contributed by atoms with Gasteiger partial charge in [0.2, 0.25) is 0 Å². The fourth-order valence-corrected chi connectivity index (χ4v) is 2.67. The largest absolute Gasteiger partial charge is 0.623 e. The van der Waals surface area contributed by atoms with Gasteiger partial charge in [0.05, 0.1) is 0 Å². The van der Waals surface area contributed by atoms with Gasteiger partial charge in [-0.2, -0.15) is 8.42 Å². The van der Waals surface area contributed by atoms with Crippen molar-refractivity contribution in [3.8, 4) is 0 Å². The number of allylic oxidation sites excluding steroid dienone is 2. The fraction of sp³-hybridized carbons (Fsp3) is 0.214. The van der Waals surface area contributed by atoms with Crippen molar-refractivity contribution < 1.29 is 13.5 Å². The van der Waals surface area contributed by atoms with Crippen LogP contribution in [0.1, 0.15) is 16.7 Å². The SMILES string of the molecule is Cc1ccc(C)c(CC2=CC=C[NH+]([O-])C2=S(=O)=O)c1. The minimum Gasteiger partial charge on any atom is -0.623 e. The summed E-state index contributed by atoms with van der Waals surface area (Å²) in [6.45, 7) is 3.96. The Balaban J connectivity index is 2.42. The van der Waals surface area contributed by atoms with E-state index in [0.29, 0.717) is 12.0 Å². The average Bonchev–Trinajstić information content (AvgIpc) is 2.33. The average molecular weight is 277 g/mol. The zero-order valence-electron chi connectivity index (χ0n) is 10.8. The van der Waals surface area contributed by atoms with Gasteiger partial charge < -0.3 is 10.3 Å². The molecule has 0 aliphatic carbocycles. The van der Waals surface area contributed by atoms with Crippen LogP contribution in [0.2, 0.25) is 0 Å². The quantitative estimate of drug-likeness (QED) is 0.639. The number of hydrogen-bond donors (Lipinski definition) is 1. The van der Waals surface area contributed by atoms with E-state index in [4.69, 9.17) is 0 Å². The standard InChI is InChI=1S/C14H15NO3S/c1-10-5-6-11(2)13(8-10)9-12-4-3-7-15(16)14(12)19(17)18/h3-8,15H,9H2,1-2H3. The Labute approximate surface area is 113 Å². The molecule has 5 heteroatoms. The second-order valence-electron chi connectivity index (χ2n) is 4.59. The fourth-order valence-electron chi connectivity index (χ4n) is 2.09. The third-order valence-electron chi connectivity index (χ3n) is 3.11. The van der Waals surface area contributed by atoms with Crippen LogP contribution < -0.4 is 5.06 Å². The third kappa shape index (κ3) is 3.01. The molecule has 1 aromatic rings. The van der Waals surface area contributed by atoms with Crippen molar-refractivity contribution in [1.82, 2.24) is 0 Å². The van der Waals surface area contributed by atoms with Crippen molar-refractivity contribution in [2.45, 2.75) is 20.3 Å². The van der Waals surface area contributed by atoms with Crippen molar-refractivity contribution in [2.75, 3.05) is 0 Å². The summed E-state index contributed by atoms with van der Waals surface area (Å²) in [5.74, 6) is 0. The van der Waals surface area contributed by atoms with Crippen molar-refractivity contribution in [3.63, 3.8) is 0 Å². The second-order valence-corrected chi connectivity index (χ2v) is 5.46. The Morgan fingerprint density at radius 1 is 1.26 bits per heavy atom. The molecule has 0 saturated heterocycles. The summed E-state index contributed by atoms with van der Waals surface area (Å²) in [7, 11) is -2.50. The zero-order valence-corrected chi connectivity index (χ0v) is 11.6. The van der Waals surface area contributed by atoms with Gasteiger partial charge in [-0.3, -0.25) is 0 Å². The maximum atomic E-state index is 11.6. The molecule has 0 amide bonds. The topological polar surface area (TPSA) is 61.6 Å². The molecule has 0 bridgehead atoms. The molecule has 1 atom stereocenters. The summed E-state index contributed by atoms with van der Waals surface area (Å²) >= 11 is 0. The van der Waals surface area contributed by atoms with Crippen LogP contribution in [0.25, 0.3) is 0 Å². The van der Waals surface area contributed by atoms with Gasteiger partial charge in [0.25, 0.3) is 15.3 Å². The third-order valence-corrected chi connectivity index (χ3v) is 3.91. The number of rotatable bonds is 2. The molecule has 0 spiro atoms. The number of aryl methyl sites for hydroxylation is 2. The summed E-state index contributed by atoms with van der Waals surface area (Å²) in [5, 5.41) is 11.2. The molecule has 1 heterocycles. The molecule has 0 aromatic heterocycles. The van der Waals surface area contributed by atoms with Gasteiger partial charge in [-0.05, 0) is 37.1 Å². The first-order valence-corrected chi connectivity index (χ1v) is 7.01. The van der Waals surface area contributed by atoms with Crippen LogP contribution in [-0.2, 0) is 16.7 Å². The summed E-state index contributed by atoms with van der Waals surface area (Å²) in [4.78, 5) is -0.122. The zero-order chi connectivity index (χ0) is 14.0.